The molecule has 136 valence electrons. The van der Waals surface area contributed by atoms with Gasteiger partial charge in [0.25, 0.3) is 0 Å². The molecule has 0 fully saturated rings. The van der Waals surface area contributed by atoms with Crippen LogP contribution in [0.1, 0.15) is 37.8 Å². The van der Waals surface area contributed by atoms with Crippen LogP contribution in [0.3, 0.4) is 0 Å². The van der Waals surface area contributed by atoms with Crippen molar-refractivity contribution in [2.24, 2.45) is 0 Å². The zero-order valence-electron chi connectivity index (χ0n) is 15.2. The van der Waals surface area contributed by atoms with Gasteiger partial charge in [0.05, 0.1) is 6.10 Å². The molecule has 5 nitrogen and oxygen atoms in total. The molecule has 0 saturated carbocycles. The molecule has 1 aliphatic rings. The number of carbonyl (C=O) groups is 2. The highest BCUT2D eigenvalue weighted by Crippen LogP contribution is 2.44. The Labute approximate surface area is 153 Å². The van der Waals surface area contributed by atoms with Crippen LogP contribution in [0.2, 0.25) is 0 Å². The summed E-state index contributed by atoms with van der Waals surface area (Å²) in [6.45, 7) is 5.31. The highest BCUT2D eigenvalue weighted by Gasteiger charge is 2.29. The van der Waals surface area contributed by atoms with Crippen molar-refractivity contribution in [3.05, 3.63) is 59.7 Å². The van der Waals surface area contributed by atoms with Crippen molar-refractivity contribution in [2.75, 3.05) is 6.61 Å². The van der Waals surface area contributed by atoms with Gasteiger partial charge in [-0.05, 0) is 43.0 Å². The summed E-state index contributed by atoms with van der Waals surface area (Å²) in [7, 11) is 0. The average Bonchev–Trinajstić information content (AvgIpc) is 2.93. The van der Waals surface area contributed by atoms with E-state index >= 15 is 0 Å². The molecule has 3 rings (SSSR count). The van der Waals surface area contributed by atoms with Crippen LogP contribution in [-0.4, -0.2) is 30.8 Å². The summed E-state index contributed by atoms with van der Waals surface area (Å²) in [5, 5.41) is 2.52. The third kappa shape index (κ3) is 3.72. The molecule has 0 heterocycles. The lowest BCUT2D eigenvalue weighted by Gasteiger charge is -2.17. The number of hydrogen-bond donors (Lipinski definition) is 1. The number of ether oxygens (including phenoxy) is 2. The fourth-order valence-corrected chi connectivity index (χ4v) is 3.21. The lowest BCUT2D eigenvalue weighted by Crippen LogP contribution is -2.41. The number of hydrogen-bond acceptors (Lipinski definition) is 4. The summed E-state index contributed by atoms with van der Waals surface area (Å²) >= 11 is 0. The average molecular weight is 353 g/mol. The van der Waals surface area contributed by atoms with Gasteiger partial charge in [0.2, 0.25) is 0 Å². The SMILES string of the molecule is CC(C)OC(=O)[C@H](C)NC(=O)OCC1c2ccccc2-c2ccccc21. The van der Waals surface area contributed by atoms with Gasteiger partial charge in [-0.2, -0.15) is 0 Å². The number of benzene rings is 2. The van der Waals surface area contributed by atoms with E-state index in [2.05, 4.69) is 29.6 Å². The molecule has 0 aliphatic heterocycles. The van der Waals surface area contributed by atoms with Crippen molar-refractivity contribution < 1.29 is 19.1 Å². The van der Waals surface area contributed by atoms with Crippen LogP contribution in [0.5, 0.6) is 0 Å². The second-order valence-corrected chi connectivity index (χ2v) is 6.68. The van der Waals surface area contributed by atoms with Crippen LogP contribution in [-0.2, 0) is 14.3 Å². The topological polar surface area (TPSA) is 64.6 Å². The van der Waals surface area contributed by atoms with E-state index in [1.54, 1.807) is 20.8 Å². The largest absolute Gasteiger partial charge is 0.461 e. The molecule has 5 heteroatoms. The fourth-order valence-electron chi connectivity index (χ4n) is 3.21. The molecule has 1 atom stereocenters. The van der Waals surface area contributed by atoms with Crippen LogP contribution < -0.4 is 5.32 Å². The van der Waals surface area contributed by atoms with Crippen molar-refractivity contribution in [1.29, 1.82) is 0 Å². The van der Waals surface area contributed by atoms with Crippen LogP contribution in [0.4, 0.5) is 4.79 Å². The van der Waals surface area contributed by atoms with Gasteiger partial charge in [0.1, 0.15) is 12.6 Å². The Morgan fingerprint density at radius 2 is 1.50 bits per heavy atom. The van der Waals surface area contributed by atoms with Crippen molar-refractivity contribution >= 4 is 12.1 Å². The maximum atomic E-state index is 12.1. The van der Waals surface area contributed by atoms with Gasteiger partial charge in [-0.25, -0.2) is 9.59 Å². The Bertz CT molecular complexity index is 770. The smallest absolute Gasteiger partial charge is 0.407 e. The molecule has 26 heavy (non-hydrogen) atoms. The van der Waals surface area contributed by atoms with Crippen molar-refractivity contribution in [1.82, 2.24) is 5.32 Å². The molecule has 0 spiro atoms. The summed E-state index contributed by atoms with van der Waals surface area (Å²) in [6, 6.07) is 15.5. The minimum atomic E-state index is -0.756. The van der Waals surface area contributed by atoms with Crippen molar-refractivity contribution in [3.63, 3.8) is 0 Å². The van der Waals surface area contributed by atoms with Gasteiger partial charge in [-0.3, -0.25) is 0 Å². The molecule has 0 aromatic heterocycles. The molecule has 0 bridgehead atoms. The predicted octanol–water partition coefficient (Wildman–Crippen LogP) is 3.87. The van der Waals surface area contributed by atoms with Crippen LogP contribution in [0, 0.1) is 0 Å². The van der Waals surface area contributed by atoms with E-state index in [-0.39, 0.29) is 18.6 Å². The molecule has 2 aromatic carbocycles. The minimum Gasteiger partial charge on any atom is -0.461 e. The minimum absolute atomic E-state index is 0.00827. The first kappa shape index (κ1) is 18.0. The second-order valence-electron chi connectivity index (χ2n) is 6.68. The Morgan fingerprint density at radius 1 is 0.962 bits per heavy atom. The maximum absolute atomic E-state index is 12.1. The number of rotatable bonds is 5. The molecule has 1 aliphatic carbocycles. The van der Waals surface area contributed by atoms with E-state index in [0.717, 1.165) is 11.1 Å². The Morgan fingerprint density at radius 3 is 2.04 bits per heavy atom. The standard InChI is InChI=1S/C21H23NO4/c1-13(2)26-20(23)14(3)22-21(24)25-12-19-17-10-6-4-8-15(17)16-9-5-7-11-18(16)19/h4-11,13-14,19H,12H2,1-3H3,(H,22,24)/t14-/m0/s1. The number of carbonyl (C=O) groups excluding carboxylic acids is 2. The van der Waals surface area contributed by atoms with Gasteiger partial charge in [0, 0.05) is 5.92 Å². The molecule has 2 aromatic rings. The second kappa shape index (κ2) is 7.60. The van der Waals surface area contributed by atoms with Gasteiger partial charge >= 0.3 is 12.1 Å². The van der Waals surface area contributed by atoms with Crippen molar-refractivity contribution in [2.45, 2.75) is 38.8 Å². The van der Waals surface area contributed by atoms with Gasteiger partial charge < -0.3 is 14.8 Å². The molecular formula is C21H23NO4. The summed E-state index contributed by atoms with van der Waals surface area (Å²) in [5.41, 5.74) is 4.64. The van der Waals surface area contributed by atoms with E-state index in [0.29, 0.717) is 0 Å². The van der Waals surface area contributed by atoms with E-state index in [9.17, 15) is 9.59 Å². The zero-order chi connectivity index (χ0) is 18.7. The van der Waals surface area contributed by atoms with Gasteiger partial charge in [0.15, 0.2) is 0 Å². The number of alkyl carbamates (subject to hydrolysis) is 1. The molecule has 0 saturated heterocycles. The number of amides is 1. The quantitative estimate of drug-likeness (QED) is 0.829. The maximum Gasteiger partial charge on any atom is 0.407 e. The number of fused-ring (bicyclic) bond motifs is 3. The van der Waals surface area contributed by atoms with E-state index in [1.165, 1.54) is 11.1 Å². The fraction of sp³-hybridized carbons (Fsp3) is 0.333. The van der Waals surface area contributed by atoms with Crippen LogP contribution >= 0.6 is 0 Å². The van der Waals surface area contributed by atoms with E-state index in [1.807, 2.05) is 24.3 Å². The van der Waals surface area contributed by atoms with Crippen molar-refractivity contribution in [3.8, 4) is 11.1 Å². The van der Waals surface area contributed by atoms with E-state index < -0.39 is 18.1 Å². The normalized spacial score (nSPS) is 13.7. The molecular weight excluding hydrogens is 330 g/mol. The summed E-state index contributed by atoms with van der Waals surface area (Å²) in [6.07, 6.45) is -0.852. The first-order valence-corrected chi connectivity index (χ1v) is 8.79. The Balaban J connectivity index is 1.65. The first-order chi connectivity index (χ1) is 12.5. The van der Waals surface area contributed by atoms with E-state index in [4.69, 9.17) is 9.47 Å². The van der Waals surface area contributed by atoms with Gasteiger partial charge in [-0.1, -0.05) is 48.5 Å². The monoisotopic (exact) mass is 353 g/mol. The predicted molar refractivity (Wildman–Crippen MR) is 98.9 cm³/mol. The summed E-state index contributed by atoms with van der Waals surface area (Å²) in [4.78, 5) is 23.9. The van der Waals surface area contributed by atoms with Gasteiger partial charge in [-0.15, -0.1) is 0 Å². The highest BCUT2D eigenvalue weighted by molar-refractivity contribution is 5.81. The summed E-state index contributed by atoms with van der Waals surface area (Å²) < 4.78 is 10.5. The number of esters is 1. The lowest BCUT2D eigenvalue weighted by molar-refractivity contribution is -0.149. The highest BCUT2D eigenvalue weighted by atomic mass is 16.6. The van der Waals surface area contributed by atoms with Crippen LogP contribution in [0.25, 0.3) is 11.1 Å². The molecule has 1 amide bonds. The third-order valence-electron chi connectivity index (χ3n) is 4.38. The Hall–Kier alpha value is -2.82. The molecule has 0 radical (unpaired) electrons. The molecule has 0 unspecified atom stereocenters. The van der Waals surface area contributed by atoms with Crippen LogP contribution in [0.15, 0.2) is 48.5 Å². The Kier molecular flexibility index (Phi) is 5.26. The third-order valence-corrected chi connectivity index (χ3v) is 4.38. The molecule has 1 N–H and O–H groups in total. The number of nitrogens with one attached hydrogen (secondary N) is 1. The summed E-state index contributed by atoms with van der Waals surface area (Å²) in [5.74, 6) is -0.487. The first-order valence-electron chi connectivity index (χ1n) is 8.79. The zero-order valence-corrected chi connectivity index (χ0v) is 15.2. The lowest BCUT2D eigenvalue weighted by atomic mass is 9.98.